The van der Waals surface area contributed by atoms with Crippen molar-refractivity contribution < 1.29 is 9.90 Å². The maximum Gasteiger partial charge on any atom is 0.315 e. The van der Waals surface area contributed by atoms with Gasteiger partial charge in [-0.2, -0.15) is 0 Å². The van der Waals surface area contributed by atoms with Crippen LogP contribution in [-0.2, 0) is 11.3 Å². The minimum atomic E-state index is -0.960. The van der Waals surface area contributed by atoms with Gasteiger partial charge >= 0.3 is 5.97 Å². The number of carboxylic acids is 1. The average molecular weight is 575 g/mol. The van der Waals surface area contributed by atoms with Gasteiger partial charge in [-0.3, -0.25) is 9.69 Å². The molecule has 0 amide bonds. The number of para-hydroxylation sites is 1. The molecule has 202 valence electrons. The summed E-state index contributed by atoms with van der Waals surface area (Å²) in [6.45, 7) is 9.62. The van der Waals surface area contributed by atoms with E-state index < -0.39 is 11.9 Å². The molecule has 0 spiro atoms. The van der Waals surface area contributed by atoms with Crippen molar-refractivity contribution >= 4 is 52.5 Å². The number of nitroso groups, excluding NO2 is 1. The largest absolute Gasteiger partial charge is 0.481 e. The zero-order chi connectivity index (χ0) is 27.9. The Morgan fingerprint density at radius 2 is 1.71 bits per heavy atom. The summed E-state index contributed by atoms with van der Waals surface area (Å²) < 4.78 is 2.73. The first kappa shape index (κ1) is 30.0. The lowest BCUT2D eigenvalue weighted by Crippen LogP contribution is -2.46. The molecule has 2 unspecified atom stereocenters. The Balaban J connectivity index is 2.10. The van der Waals surface area contributed by atoms with Gasteiger partial charge < -0.3 is 10.4 Å². The number of nitrogens with zero attached hydrogens (tertiary/aromatic N) is 2. The first-order valence-corrected chi connectivity index (χ1v) is 14.0. The Bertz CT molecular complexity index is 1240. The lowest BCUT2D eigenvalue weighted by molar-refractivity contribution is -0.137. The molecule has 0 aliphatic heterocycles. The monoisotopic (exact) mass is 573 g/mol. The van der Waals surface area contributed by atoms with Crippen molar-refractivity contribution in [2.24, 2.45) is 4.58 Å². The predicted octanol–water partition coefficient (Wildman–Crippen LogP) is 8.75. The third-order valence-corrected chi connectivity index (χ3v) is 8.17. The molecular weight excluding hydrogens is 541 g/mol. The van der Waals surface area contributed by atoms with Crippen LogP contribution in [0.5, 0.6) is 0 Å². The summed E-state index contributed by atoms with van der Waals surface area (Å²) in [5.41, 5.74) is 3.37. The van der Waals surface area contributed by atoms with E-state index in [9.17, 15) is 14.8 Å². The van der Waals surface area contributed by atoms with Crippen LogP contribution >= 0.6 is 35.1 Å². The highest BCUT2D eigenvalue weighted by molar-refractivity contribution is 7.99. The van der Waals surface area contributed by atoms with Crippen LogP contribution in [0.1, 0.15) is 56.7 Å². The molecule has 0 radical (unpaired) electrons. The fourth-order valence-corrected chi connectivity index (χ4v) is 6.06. The van der Waals surface area contributed by atoms with Crippen molar-refractivity contribution in [3.8, 4) is 0 Å². The van der Waals surface area contributed by atoms with E-state index in [-0.39, 0.29) is 10.8 Å². The molecule has 0 heterocycles. The molecule has 0 saturated heterocycles. The minimum Gasteiger partial charge on any atom is -0.481 e. The number of carbonyl (C=O) groups is 1. The standard InChI is InChI=1S/C29H33Cl2N3O3S/c1-5-25(29(3,4)38-33-37)34(6-2)18-19-15-16-21(26(28(35)36)20-11-8-7-9-12-20)24(17-19)32-27-22(30)13-10-14-23(27)31/h7-17,25-26,32H,5-6,18H2,1-4H3,(H,35,36). The molecule has 3 aromatic rings. The maximum absolute atomic E-state index is 12.5. The number of anilines is 2. The molecular formula is C29H33Cl2N3O3S. The molecule has 38 heavy (non-hydrogen) atoms. The van der Waals surface area contributed by atoms with E-state index in [0.717, 1.165) is 30.5 Å². The zero-order valence-corrected chi connectivity index (χ0v) is 24.3. The van der Waals surface area contributed by atoms with Crippen LogP contribution in [0.25, 0.3) is 0 Å². The van der Waals surface area contributed by atoms with Gasteiger partial charge in [0.25, 0.3) is 0 Å². The predicted molar refractivity (Wildman–Crippen MR) is 160 cm³/mol. The van der Waals surface area contributed by atoms with Gasteiger partial charge in [-0.25, -0.2) is 0 Å². The van der Waals surface area contributed by atoms with Crippen molar-refractivity contribution in [3.05, 3.63) is 98.4 Å². The lowest BCUT2D eigenvalue weighted by Gasteiger charge is -2.39. The maximum atomic E-state index is 12.5. The number of hydrogen-bond donors (Lipinski definition) is 2. The van der Waals surface area contributed by atoms with Crippen molar-refractivity contribution in [1.29, 1.82) is 0 Å². The Kier molecular flexibility index (Phi) is 10.6. The van der Waals surface area contributed by atoms with E-state index in [2.05, 4.69) is 28.6 Å². The third-order valence-electron chi connectivity index (χ3n) is 6.73. The van der Waals surface area contributed by atoms with Crippen LogP contribution in [0.15, 0.2) is 71.3 Å². The van der Waals surface area contributed by atoms with Crippen molar-refractivity contribution in [1.82, 2.24) is 4.90 Å². The van der Waals surface area contributed by atoms with Gasteiger partial charge in [-0.15, -0.1) is 4.91 Å². The molecule has 0 aliphatic carbocycles. The molecule has 0 bridgehead atoms. The highest BCUT2D eigenvalue weighted by Crippen LogP contribution is 2.39. The van der Waals surface area contributed by atoms with E-state index in [1.807, 2.05) is 62.4 Å². The van der Waals surface area contributed by atoms with Gasteiger partial charge in [-0.1, -0.05) is 85.6 Å². The number of hydrogen-bond acceptors (Lipinski definition) is 6. The van der Waals surface area contributed by atoms with Crippen LogP contribution < -0.4 is 5.32 Å². The average Bonchev–Trinajstić information content (AvgIpc) is 2.87. The van der Waals surface area contributed by atoms with Crippen LogP contribution in [0.4, 0.5) is 11.4 Å². The van der Waals surface area contributed by atoms with Gasteiger partial charge in [0.05, 0.1) is 20.5 Å². The number of nitrogens with one attached hydrogen (secondary N) is 1. The van der Waals surface area contributed by atoms with E-state index in [0.29, 0.717) is 39.1 Å². The van der Waals surface area contributed by atoms with Crippen molar-refractivity contribution in [2.45, 2.75) is 57.4 Å². The fraction of sp³-hybridized carbons (Fsp3) is 0.345. The molecule has 0 aromatic heterocycles. The second kappa shape index (κ2) is 13.5. The SMILES string of the molecule is CCC(N(CC)Cc1ccc(C(C(=O)O)c2ccccc2)c(Nc2c(Cl)cccc2Cl)c1)C(C)(C)SN=O. The molecule has 9 heteroatoms. The molecule has 3 rings (SSSR count). The minimum absolute atomic E-state index is 0.0976. The van der Waals surface area contributed by atoms with E-state index >= 15 is 0 Å². The fourth-order valence-electron chi connectivity index (χ4n) is 4.94. The Morgan fingerprint density at radius 1 is 1.05 bits per heavy atom. The van der Waals surface area contributed by atoms with Gasteiger partial charge in [0, 0.05) is 34.8 Å². The first-order valence-electron chi connectivity index (χ1n) is 12.5. The summed E-state index contributed by atoms with van der Waals surface area (Å²) in [4.78, 5) is 25.9. The highest BCUT2D eigenvalue weighted by Gasteiger charge is 2.34. The summed E-state index contributed by atoms with van der Waals surface area (Å²) in [6.07, 6.45) is 0.844. The van der Waals surface area contributed by atoms with Crippen LogP contribution in [0.3, 0.4) is 0 Å². The Labute approximate surface area is 238 Å². The molecule has 0 saturated carbocycles. The summed E-state index contributed by atoms with van der Waals surface area (Å²) in [6, 6.07) is 20.2. The molecule has 2 atom stereocenters. The summed E-state index contributed by atoms with van der Waals surface area (Å²) in [5.74, 6) is -1.85. The number of halogens is 2. The quantitative estimate of drug-likeness (QED) is 0.157. The highest BCUT2D eigenvalue weighted by atomic mass is 35.5. The van der Waals surface area contributed by atoms with Gasteiger partial charge in [0.1, 0.15) is 5.92 Å². The number of rotatable bonds is 13. The normalized spacial score (nSPS) is 13.2. The number of benzene rings is 3. The molecule has 6 nitrogen and oxygen atoms in total. The molecule has 0 fully saturated rings. The lowest BCUT2D eigenvalue weighted by atomic mass is 9.89. The van der Waals surface area contributed by atoms with Crippen LogP contribution in [0, 0.1) is 4.91 Å². The Hall–Kier alpha value is -2.58. The smallest absolute Gasteiger partial charge is 0.315 e. The molecule has 3 aromatic carbocycles. The van der Waals surface area contributed by atoms with E-state index in [1.165, 1.54) is 0 Å². The topological polar surface area (TPSA) is 82.0 Å². The van der Waals surface area contributed by atoms with Crippen LogP contribution in [0.2, 0.25) is 10.0 Å². The Morgan fingerprint density at radius 3 is 2.26 bits per heavy atom. The first-order chi connectivity index (χ1) is 18.1. The zero-order valence-electron chi connectivity index (χ0n) is 21.9. The van der Waals surface area contributed by atoms with E-state index in [4.69, 9.17) is 23.2 Å². The number of carboxylic acid groups (broad SMARTS) is 1. The number of aliphatic carboxylic acids is 1. The van der Waals surface area contributed by atoms with Crippen LogP contribution in [-0.4, -0.2) is 33.3 Å². The third kappa shape index (κ3) is 7.08. The molecule has 2 N–H and O–H groups in total. The van der Waals surface area contributed by atoms with Gasteiger partial charge in [0.15, 0.2) is 0 Å². The van der Waals surface area contributed by atoms with E-state index in [1.54, 1.807) is 18.2 Å². The summed E-state index contributed by atoms with van der Waals surface area (Å²) in [7, 11) is 0. The van der Waals surface area contributed by atoms with Gasteiger partial charge in [-0.05, 0) is 61.7 Å². The summed E-state index contributed by atoms with van der Waals surface area (Å²) >= 11 is 14.0. The van der Waals surface area contributed by atoms with Crippen molar-refractivity contribution in [2.75, 3.05) is 11.9 Å². The molecule has 0 aliphatic rings. The van der Waals surface area contributed by atoms with Crippen molar-refractivity contribution in [3.63, 3.8) is 0 Å². The van der Waals surface area contributed by atoms with Gasteiger partial charge in [0.2, 0.25) is 0 Å². The second-order valence-electron chi connectivity index (χ2n) is 9.58. The summed E-state index contributed by atoms with van der Waals surface area (Å²) in [5, 5.41) is 14.5. The second-order valence-corrected chi connectivity index (χ2v) is 11.8.